The molecule has 0 spiro atoms. The van der Waals surface area contributed by atoms with E-state index in [2.05, 4.69) is 6.07 Å². The molecular weight excluding hydrogens is 207 g/mol. The second-order valence-corrected chi connectivity index (χ2v) is 3.89. The van der Waals surface area contributed by atoms with E-state index in [1.54, 1.807) is 23.1 Å². The molecule has 0 aliphatic carbocycles. The summed E-state index contributed by atoms with van der Waals surface area (Å²) in [5, 5.41) is 8.57. The minimum atomic E-state index is -0.354. The zero-order valence-electron chi connectivity index (χ0n) is 8.69. The van der Waals surface area contributed by atoms with Crippen molar-refractivity contribution in [2.24, 2.45) is 5.92 Å². The van der Waals surface area contributed by atoms with Crippen LogP contribution < -0.4 is 0 Å². The lowest BCUT2D eigenvalue weighted by Gasteiger charge is -2.35. The number of hydrogen-bond donors (Lipinski definition) is 0. The maximum atomic E-state index is 13.3. The van der Waals surface area contributed by atoms with Gasteiger partial charge in [-0.15, -0.1) is 0 Å². The van der Waals surface area contributed by atoms with Crippen LogP contribution in [0.2, 0.25) is 0 Å². The Morgan fingerprint density at radius 3 is 2.81 bits per heavy atom. The molecule has 1 saturated heterocycles. The lowest BCUT2D eigenvalue weighted by atomic mass is 10.0. The van der Waals surface area contributed by atoms with Crippen LogP contribution in [0.3, 0.4) is 0 Å². The highest BCUT2D eigenvalue weighted by Crippen LogP contribution is 2.16. The minimum absolute atomic E-state index is 0.0513. The molecule has 1 aliphatic heterocycles. The van der Waals surface area contributed by atoms with E-state index in [9.17, 15) is 9.18 Å². The van der Waals surface area contributed by atoms with Crippen LogP contribution in [0.1, 0.15) is 5.56 Å². The Kier molecular flexibility index (Phi) is 2.86. The van der Waals surface area contributed by atoms with E-state index in [1.165, 1.54) is 6.07 Å². The van der Waals surface area contributed by atoms with Gasteiger partial charge in [0.1, 0.15) is 5.82 Å². The van der Waals surface area contributed by atoms with Crippen molar-refractivity contribution in [3.05, 3.63) is 35.6 Å². The third kappa shape index (κ3) is 2.03. The largest absolute Gasteiger partial charge is 0.340 e. The SMILES string of the molecule is N#CC1CN(C(=O)Cc2ccccc2F)C1. The molecule has 16 heavy (non-hydrogen) atoms. The summed E-state index contributed by atoms with van der Waals surface area (Å²) in [5.41, 5.74) is 0.410. The fourth-order valence-electron chi connectivity index (χ4n) is 1.68. The number of nitriles is 1. The molecule has 1 heterocycles. The van der Waals surface area contributed by atoms with E-state index < -0.39 is 0 Å². The average Bonchev–Trinajstić information content (AvgIpc) is 2.20. The second kappa shape index (κ2) is 4.31. The molecule has 0 N–H and O–H groups in total. The van der Waals surface area contributed by atoms with Gasteiger partial charge in [-0.1, -0.05) is 18.2 Å². The van der Waals surface area contributed by atoms with Crippen molar-refractivity contribution in [2.45, 2.75) is 6.42 Å². The summed E-state index contributed by atoms with van der Waals surface area (Å²) in [6.45, 7) is 0.952. The molecule has 1 aromatic carbocycles. The highest BCUT2D eigenvalue weighted by Gasteiger charge is 2.30. The van der Waals surface area contributed by atoms with Gasteiger partial charge in [-0.25, -0.2) is 4.39 Å². The van der Waals surface area contributed by atoms with Crippen molar-refractivity contribution in [2.75, 3.05) is 13.1 Å². The molecule has 0 saturated carbocycles. The van der Waals surface area contributed by atoms with Crippen molar-refractivity contribution < 1.29 is 9.18 Å². The Balaban J connectivity index is 1.94. The van der Waals surface area contributed by atoms with Crippen molar-refractivity contribution in [1.82, 2.24) is 4.90 Å². The summed E-state index contributed by atoms with van der Waals surface area (Å²) in [7, 11) is 0. The lowest BCUT2D eigenvalue weighted by Crippen LogP contribution is -2.49. The number of benzene rings is 1. The quantitative estimate of drug-likeness (QED) is 0.752. The molecule has 0 atom stereocenters. The van der Waals surface area contributed by atoms with Gasteiger partial charge < -0.3 is 4.90 Å². The summed E-state index contributed by atoms with van der Waals surface area (Å²) in [6, 6.07) is 8.35. The normalized spacial score (nSPS) is 15.4. The van der Waals surface area contributed by atoms with E-state index in [0.29, 0.717) is 18.7 Å². The minimum Gasteiger partial charge on any atom is -0.340 e. The molecule has 2 rings (SSSR count). The van der Waals surface area contributed by atoms with Crippen LogP contribution in [0.15, 0.2) is 24.3 Å². The fourth-order valence-corrected chi connectivity index (χ4v) is 1.68. The molecule has 4 heteroatoms. The molecule has 0 radical (unpaired) electrons. The van der Waals surface area contributed by atoms with Crippen LogP contribution in [0, 0.1) is 23.1 Å². The monoisotopic (exact) mass is 218 g/mol. The van der Waals surface area contributed by atoms with E-state index >= 15 is 0 Å². The maximum Gasteiger partial charge on any atom is 0.227 e. The Morgan fingerprint density at radius 1 is 1.50 bits per heavy atom. The van der Waals surface area contributed by atoms with Crippen molar-refractivity contribution in [3.8, 4) is 6.07 Å². The Bertz CT molecular complexity index is 447. The van der Waals surface area contributed by atoms with Gasteiger partial charge in [-0.05, 0) is 11.6 Å². The van der Waals surface area contributed by atoms with E-state index in [-0.39, 0.29) is 24.1 Å². The van der Waals surface area contributed by atoms with Crippen LogP contribution in [0.25, 0.3) is 0 Å². The van der Waals surface area contributed by atoms with E-state index in [1.807, 2.05) is 0 Å². The number of amides is 1. The first-order valence-electron chi connectivity index (χ1n) is 5.11. The zero-order chi connectivity index (χ0) is 11.5. The number of likely N-dealkylation sites (tertiary alicyclic amines) is 1. The van der Waals surface area contributed by atoms with Crippen LogP contribution in [0.5, 0.6) is 0 Å². The molecular formula is C12H11FN2O. The summed E-state index contributed by atoms with van der Waals surface area (Å²) >= 11 is 0. The van der Waals surface area contributed by atoms with Crippen molar-refractivity contribution in [1.29, 1.82) is 5.26 Å². The Morgan fingerprint density at radius 2 is 2.19 bits per heavy atom. The predicted molar refractivity (Wildman–Crippen MR) is 55.8 cm³/mol. The highest BCUT2D eigenvalue weighted by molar-refractivity contribution is 5.79. The third-order valence-electron chi connectivity index (χ3n) is 2.72. The zero-order valence-corrected chi connectivity index (χ0v) is 8.69. The second-order valence-electron chi connectivity index (χ2n) is 3.89. The molecule has 0 aromatic heterocycles. The summed E-state index contributed by atoms with van der Waals surface area (Å²) in [6.07, 6.45) is 0.0742. The molecule has 1 amide bonds. The van der Waals surface area contributed by atoms with Crippen LogP contribution in [-0.2, 0) is 11.2 Å². The summed E-state index contributed by atoms with van der Waals surface area (Å²) in [5.74, 6) is -0.519. The molecule has 3 nitrogen and oxygen atoms in total. The van der Waals surface area contributed by atoms with Gasteiger partial charge in [0, 0.05) is 13.1 Å². The number of hydrogen-bond acceptors (Lipinski definition) is 2. The number of nitrogens with zero attached hydrogens (tertiary/aromatic N) is 2. The molecule has 1 aromatic rings. The maximum absolute atomic E-state index is 13.3. The van der Waals surface area contributed by atoms with Crippen molar-refractivity contribution in [3.63, 3.8) is 0 Å². The van der Waals surface area contributed by atoms with Gasteiger partial charge in [-0.2, -0.15) is 5.26 Å². The molecule has 82 valence electrons. The smallest absolute Gasteiger partial charge is 0.227 e. The molecule has 1 aliphatic rings. The van der Waals surface area contributed by atoms with E-state index in [4.69, 9.17) is 5.26 Å². The number of rotatable bonds is 2. The Labute approximate surface area is 93.1 Å². The van der Waals surface area contributed by atoms with Gasteiger partial charge >= 0.3 is 0 Å². The van der Waals surface area contributed by atoms with Gasteiger partial charge in [0.15, 0.2) is 0 Å². The number of carbonyl (C=O) groups is 1. The van der Waals surface area contributed by atoms with Crippen LogP contribution in [0.4, 0.5) is 4.39 Å². The molecule has 1 fully saturated rings. The predicted octanol–water partition coefficient (Wildman–Crippen LogP) is 1.35. The first-order chi connectivity index (χ1) is 7.70. The topological polar surface area (TPSA) is 44.1 Å². The standard InChI is InChI=1S/C12H11FN2O/c13-11-4-2-1-3-10(11)5-12(16)15-7-9(6-14)8-15/h1-4,9H,5,7-8H2. The number of halogens is 1. The first kappa shape index (κ1) is 10.6. The van der Waals surface area contributed by atoms with E-state index in [0.717, 1.165) is 0 Å². The highest BCUT2D eigenvalue weighted by atomic mass is 19.1. The van der Waals surface area contributed by atoms with Gasteiger partial charge in [-0.3, -0.25) is 4.79 Å². The first-order valence-corrected chi connectivity index (χ1v) is 5.11. The molecule has 0 unspecified atom stereocenters. The summed E-state index contributed by atoms with van der Waals surface area (Å²) < 4.78 is 13.3. The number of carbonyl (C=O) groups excluding carboxylic acids is 1. The van der Waals surface area contributed by atoms with Gasteiger partial charge in [0.2, 0.25) is 5.91 Å². The van der Waals surface area contributed by atoms with Crippen LogP contribution in [-0.4, -0.2) is 23.9 Å². The third-order valence-corrected chi connectivity index (χ3v) is 2.72. The molecule has 0 bridgehead atoms. The average molecular weight is 218 g/mol. The van der Waals surface area contributed by atoms with Crippen molar-refractivity contribution >= 4 is 5.91 Å². The lowest BCUT2D eigenvalue weighted by molar-refractivity contribution is -0.135. The summed E-state index contributed by atoms with van der Waals surface area (Å²) in [4.78, 5) is 13.2. The van der Waals surface area contributed by atoms with Gasteiger partial charge in [0.05, 0.1) is 18.4 Å². The van der Waals surface area contributed by atoms with Crippen LogP contribution >= 0.6 is 0 Å². The van der Waals surface area contributed by atoms with Gasteiger partial charge in [0.25, 0.3) is 0 Å². The fraction of sp³-hybridized carbons (Fsp3) is 0.333. The Hall–Kier alpha value is -1.89.